The van der Waals surface area contributed by atoms with Gasteiger partial charge in [0.25, 0.3) is 0 Å². The molecule has 1 fully saturated rings. The number of nitrogens with two attached hydrogens (primary N) is 1. The average Bonchev–Trinajstić information content (AvgIpc) is 2.26. The van der Waals surface area contributed by atoms with Crippen LogP contribution in [0, 0.1) is 0 Å². The van der Waals surface area contributed by atoms with Crippen LogP contribution in [0.4, 0.5) is 0 Å². The number of benzene rings is 1. The molecule has 0 radical (unpaired) electrons. The van der Waals surface area contributed by atoms with Crippen molar-refractivity contribution in [1.82, 2.24) is 4.90 Å². The second-order valence-corrected chi connectivity index (χ2v) is 4.50. The van der Waals surface area contributed by atoms with Crippen molar-refractivity contribution >= 4 is 0 Å². The second kappa shape index (κ2) is 4.77. The summed E-state index contributed by atoms with van der Waals surface area (Å²) in [4.78, 5) is 2.49. The molecule has 1 heterocycles. The first-order valence-electron chi connectivity index (χ1n) is 5.81. The van der Waals surface area contributed by atoms with E-state index in [2.05, 4.69) is 42.2 Å². The fourth-order valence-corrected chi connectivity index (χ4v) is 2.29. The van der Waals surface area contributed by atoms with E-state index in [0.717, 1.165) is 6.54 Å². The number of hydrogen-bond acceptors (Lipinski definition) is 2. The fraction of sp³-hybridized carbons (Fsp3) is 0.538. The molecule has 0 amide bonds. The molecule has 1 saturated heterocycles. The quantitative estimate of drug-likeness (QED) is 0.798. The summed E-state index contributed by atoms with van der Waals surface area (Å²) in [5.41, 5.74) is 7.47. The van der Waals surface area contributed by atoms with Crippen LogP contribution in [0.15, 0.2) is 30.3 Å². The monoisotopic (exact) mass is 204 g/mol. The Morgan fingerprint density at radius 1 is 1.33 bits per heavy atom. The first-order chi connectivity index (χ1) is 7.27. The van der Waals surface area contributed by atoms with Gasteiger partial charge >= 0.3 is 0 Å². The maximum Gasteiger partial charge on any atom is 0.0237 e. The molecule has 82 valence electrons. The van der Waals surface area contributed by atoms with Gasteiger partial charge in [0.05, 0.1) is 0 Å². The average molecular weight is 204 g/mol. The Hall–Kier alpha value is -0.860. The van der Waals surface area contributed by atoms with Crippen LogP contribution in [0.5, 0.6) is 0 Å². The van der Waals surface area contributed by atoms with Crippen molar-refractivity contribution < 1.29 is 0 Å². The minimum atomic E-state index is 0.350. The van der Waals surface area contributed by atoms with Gasteiger partial charge in [0.1, 0.15) is 0 Å². The standard InChI is InChI=1S/C13H20N2/c1-11-13(14)8-5-9-15(11)10-12-6-3-2-4-7-12/h2-4,6-7,11,13H,5,8-10,14H2,1H3/t11-,13-/m1/s1. The van der Waals surface area contributed by atoms with E-state index in [1.807, 2.05) is 0 Å². The van der Waals surface area contributed by atoms with Gasteiger partial charge in [-0.2, -0.15) is 0 Å². The molecule has 1 aromatic rings. The molecule has 2 rings (SSSR count). The number of rotatable bonds is 2. The van der Waals surface area contributed by atoms with Crippen LogP contribution in [-0.2, 0) is 6.54 Å². The Morgan fingerprint density at radius 2 is 2.07 bits per heavy atom. The van der Waals surface area contributed by atoms with Gasteiger partial charge in [-0.3, -0.25) is 4.90 Å². The molecule has 0 unspecified atom stereocenters. The largest absolute Gasteiger partial charge is 0.326 e. The number of nitrogens with zero attached hydrogens (tertiary/aromatic N) is 1. The van der Waals surface area contributed by atoms with Gasteiger partial charge in [-0.25, -0.2) is 0 Å². The summed E-state index contributed by atoms with van der Waals surface area (Å²) in [6.07, 6.45) is 2.41. The molecule has 2 N–H and O–H groups in total. The normalized spacial score (nSPS) is 27.9. The minimum absolute atomic E-state index is 0.350. The molecule has 15 heavy (non-hydrogen) atoms. The highest BCUT2D eigenvalue weighted by atomic mass is 15.2. The highest BCUT2D eigenvalue weighted by molar-refractivity contribution is 5.14. The lowest BCUT2D eigenvalue weighted by molar-refractivity contribution is 0.133. The molecule has 0 aromatic heterocycles. The predicted molar refractivity (Wildman–Crippen MR) is 63.5 cm³/mol. The van der Waals surface area contributed by atoms with Crippen molar-refractivity contribution in [3.8, 4) is 0 Å². The molecule has 0 bridgehead atoms. The Balaban J connectivity index is 1.99. The molecule has 2 nitrogen and oxygen atoms in total. The van der Waals surface area contributed by atoms with E-state index >= 15 is 0 Å². The van der Waals surface area contributed by atoms with Crippen LogP contribution < -0.4 is 5.73 Å². The lowest BCUT2D eigenvalue weighted by Crippen LogP contribution is -2.49. The number of piperidine rings is 1. The summed E-state index contributed by atoms with van der Waals surface area (Å²) in [6.45, 7) is 4.46. The second-order valence-electron chi connectivity index (χ2n) is 4.50. The SMILES string of the molecule is C[C@@H]1[C@H](N)CCCN1Cc1ccccc1. The van der Waals surface area contributed by atoms with Gasteiger partial charge in [0, 0.05) is 18.6 Å². The molecule has 2 atom stereocenters. The first-order valence-corrected chi connectivity index (χ1v) is 5.81. The summed E-state index contributed by atoms with van der Waals surface area (Å²) in [5, 5.41) is 0. The van der Waals surface area contributed by atoms with Crippen LogP contribution in [0.25, 0.3) is 0 Å². The molecule has 0 aliphatic carbocycles. The molecular formula is C13H20N2. The van der Waals surface area contributed by atoms with Crippen LogP contribution in [0.3, 0.4) is 0 Å². The lowest BCUT2D eigenvalue weighted by atomic mass is 9.98. The first kappa shape index (κ1) is 10.7. The van der Waals surface area contributed by atoms with Crippen molar-refractivity contribution in [2.24, 2.45) is 5.73 Å². The number of likely N-dealkylation sites (tertiary alicyclic amines) is 1. The van der Waals surface area contributed by atoms with Crippen molar-refractivity contribution in [3.05, 3.63) is 35.9 Å². The van der Waals surface area contributed by atoms with Gasteiger partial charge in [-0.15, -0.1) is 0 Å². The van der Waals surface area contributed by atoms with E-state index in [0.29, 0.717) is 12.1 Å². The van der Waals surface area contributed by atoms with E-state index in [9.17, 15) is 0 Å². The zero-order chi connectivity index (χ0) is 10.7. The third kappa shape index (κ3) is 2.58. The highest BCUT2D eigenvalue weighted by Gasteiger charge is 2.24. The van der Waals surface area contributed by atoms with E-state index < -0.39 is 0 Å². The van der Waals surface area contributed by atoms with Gasteiger partial charge < -0.3 is 5.73 Å². The topological polar surface area (TPSA) is 29.3 Å². The van der Waals surface area contributed by atoms with Crippen molar-refractivity contribution in [2.45, 2.75) is 38.4 Å². The summed E-state index contributed by atoms with van der Waals surface area (Å²) in [7, 11) is 0. The molecule has 1 aliphatic rings. The number of hydrogen-bond donors (Lipinski definition) is 1. The third-order valence-corrected chi connectivity index (χ3v) is 3.41. The van der Waals surface area contributed by atoms with E-state index in [1.165, 1.54) is 24.9 Å². The van der Waals surface area contributed by atoms with Gasteiger partial charge in [-0.1, -0.05) is 30.3 Å². The van der Waals surface area contributed by atoms with Crippen LogP contribution in [0.2, 0.25) is 0 Å². The molecule has 0 spiro atoms. The predicted octanol–water partition coefficient (Wildman–Crippen LogP) is 2.00. The molecule has 1 aromatic carbocycles. The Kier molecular flexibility index (Phi) is 3.39. The zero-order valence-corrected chi connectivity index (χ0v) is 9.39. The third-order valence-electron chi connectivity index (χ3n) is 3.41. The minimum Gasteiger partial charge on any atom is -0.326 e. The Bertz CT molecular complexity index is 297. The van der Waals surface area contributed by atoms with Gasteiger partial charge in [-0.05, 0) is 31.9 Å². The molecule has 1 aliphatic heterocycles. The van der Waals surface area contributed by atoms with Crippen LogP contribution >= 0.6 is 0 Å². The molecule has 2 heteroatoms. The maximum atomic E-state index is 6.08. The summed E-state index contributed by atoms with van der Waals surface area (Å²) in [5.74, 6) is 0. The van der Waals surface area contributed by atoms with E-state index in [4.69, 9.17) is 5.73 Å². The Morgan fingerprint density at radius 3 is 2.80 bits per heavy atom. The molecular weight excluding hydrogens is 184 g/mol. The summed E-state index contributed by atoms with van der Waals surface area (Å²) < 4.78 is 0. The summed E-state index contributed by atoms with van der Waals surface area (Å²) in [6, 6.07) is 11.5. The van der Waals surface area contributed by atoms with Crippen LogP contribution in [-0.4, -0.2) is 23.5 Å². The van der Waals surface area contributed by atoms with Gasteiger partial charge in [0.15, 0.2) is 0 Å². The van der Waals surface area contributed by atoms with Crippen molar-refractivity contribution in [3.63, 3.8) is 0 Å². The van der Waals surface area contributed by atoms with E-state index in [-0.39, 0.29) is 0 Å². The van der Waals surface area contributed by atoms with Crippen LogP contribution in [0.1, 0.15) is 25.3 Å². The lowest BCUT2D eigenvalue weighted by Gasteiger charge is -2.37. The van der Waals surface area contributed by atoms with Gasteiger partial charge in [0.2, 0.25) is 0 Å². The fourth-order valence-electron chi connectivity index (χ4n) is 2.29. The maximum absolute atomic E-state index is 6.08. The summed E-state index contributed by atoms with van der Waals surface area (Å²) >= 11 is 0. The molecule has 0 saturated carbocycles. The smallest absolute Gasteiger partial charge is 0.0237 e. The zero-order valence-electron chi connectivity index (χ0n) is 9.39. The highest BCUT2D eigenvalue weighted by Crippen LogP contribution is 2.18. The Labute approximate surface area is 92.1 Å². The van der Waals surface area contributed by atoms with Crippen molar-refractivity contribution in [2.75, 3.05) is 6.54 Å². The van der Waals surface area contributed by atoms with Crippen molar-refractivity contribution in [1.29, 1.82) is 0 Å². The van der Waals surface area contributed by atoms with E-state index in [1.54, 1.807) is 0 Å².